The summed E-state index contributed by atoms with van der Waals surface area (Å²) in [5, 5.41) is 10.5. The van der Waals surface area contributed by atoms with Gasteiger partial charge in [-0.3, -0.25) is 0 Å². The van der Waals surface area contributed by atoms with Gasteiger partial charge in [-0.1, -0.05) is 30.3 Å². The normalized spacial score (nSPS) is 21.7. The Hall–Kier alpha value is -1.39. The second-order valence-electron chi connectivity index (χ2n) is 5.35. The maximum atomic E-state index is 12.0. The van der Waals surface area contributed by atoms with Gasteiger partial charge in [0, 0.05) is 5.92 Å². The van der Waals surface area contributed by atoms with Crippen molar-refractivity contribution < 1.29 is 19.4 Å². The molecule has 0 bridgehead atoms. The first-order valence-corrected chi connectivity index (χ1v) is 6.80. The van der Waals surface area contributed by atoms with Crippen molar-refractivity contribution in [3.8, 4) is 0 Å². The fraction of sp³-hybridized carbons (Fsp3) is 0.533. The Labute approximate surface area is 112 Å². The van der Waals surface area contributed by atoms with Crippen molar-refractivity contribution in [2.24, 2.45) is 5.92 Å². The van der Waals surface area contributed by atoms with Crippen LogP contribution in [-0.4, -0.2) is 23.0 Å². The average Bonchev–Trinajstić information content (AvgIpc) is 3.28. The van der Waals surface area contributed by atoms with Gasteiger partial charge in [-0.05, 0) is 31.2 Å². The van der Waals surface area contributed by atoms with E-state index in [0.717, 1.165) is 31.2 Å². The van der Waals surface area contributed by atoms with Crippen LogP contribution < -0.4 is 0 Å². The fourth-order valence-electron chi connectivity index (χ4n) is 2.01. The Morgan fingerprint density at radius 3 is 2.47 bits per heavy atom. The van der Waals surface area contributed by atoms with Gasteiger partial charge in [0.25, 0.3) is 5.79 Å². The molecule has 4 nitrogen and oxygen atoms in total. The number of ether oxygens (including phenoxy) is 2. The third-order valence-electron chi connectivity index (χ3n) is 3.52. The van der Waals surface area contributed by atoms with Gasteiger partial charge in [0.15, 0.2) is 0 Å². The van der Waals surface area contributed by atoms with Crippen molar-refractivity contribution in [1.29, 1.82) is 0 Å². The summed E-state index contributed by atoms with van der Waals surface area (Å²) in [6.07, 6.45) is 3.39. The summed E-state index contributed by atoms with van der Waals surface area (Å²) < 4.78 is 10.7. The Kier molecular flexibility index (Phi) is 3.29. The van der Waals surface area contributed by atoms with Crippen LogP contribution in [0.15, 0.2) is 30.3 Å². The third-order valence-corrected chi connectivity index (χ3v) is 3.52. The molecule has 2 saturated carbocycles. The third kappa shape index (κ3) is 2.96. The molecule has 0 radical (unpaired) electrons. The lowest BCUT2D eigenvalue weighted by Crippen LogP contribution is -2.45. The zero-order valence-corrected chi connectivity index (χ0v) is 10.7. The monoisotopic (exact) mass is 262 g/mol. The molecule has 1 aromatic carbocycles. The lowest BCUT2D eigenvalue weighted by molar-refractivity contribution is -0.242. The van der Waals surface area contributed by atoms with E-state index in [9.17, 15) is 9.90 Å². The number of carbonyl (C=O) groups excluding carboxylic acids is 1. The molecule has 2 fully saturated rings. The average molecular weight is 262 g/mol. The van der Waals surface area contributed by atoms with E-state index in [1.165, 1.54) is 0 Å². The number of hydrogen-bond donors (Lipinski definition) is 1. The molecule has 0 amide bonds. The molecule has 19 heavy (non-hydrogen) atoms. The van der Waals surface area contributed by atoms with Crippen molar-refractivity contribution in [3.63, 3.8) is 0 Å². The van der Waals surface area contributed by atoms with Gasteiger partial charge in [0.2, 0.25) is 0 Å². The van der Waals surface area contributed by atoms with Crippen LogP contribution in [-0.2, 0) is 20.9 Å². The highest BCUT2D eigenvalue weighted by Crippen LogP contribution is 2.42. The standard InChI is InChI=1S/C15H18O4/c16-14(19-13-8-9-13)15(17,12-6-7-12)18-10-11-4-2-1-3-5-11/h1-5,12-13,17H,6-10H2. The number of aliphatic hydroxyl groups is 1. The summed E-state index contributed by atoms with van der Waals surface area (Å²) in [6, 6.07) is 9.52. The summed E-state index contributed by atoms with van der Waals surface area (Å²) >= 11 is 0. The molecule has 2 aliphatic carbocycles. The van der Waals surface area contributed by atoms with E-state index in [-0.39, 0.29) is 18.6 Å². The van der Waals surface area contributed by atoms with Crippen LogP contribution in [0.2, 0.25) is 0 Å². The fourth-order valence-corrected chi connectivity index (χ4v) is 2.01. The Bertz CT molecular complexity index is 450. The number of benzene rings is 1. The topological polar surface area (TPSA) is 55.8 Å². The maximum absolute atomic E-state index is 12.0. The van der Waals surface area contributed by atoms with Gasteiger partial charge in [-0.2, -0.15) is 0 Å². The van der Waals surface area contributed by atoms with Gasteiger partial charge in [0.05, 0.1) is 6.61 Å². The van der Waals surface area contributed by atoms with Crippen LogP contribution in [0.5, 0.6) is 0 Å². The SMILES string of the molecule is O=C(OC1CC1)C(O)(OCc1ccccc1)C1CC1. The van der Waals surface area contributed by atoms with Crippen LogP contribution >= 0.6 is 0 Å². The Morgan fingerprint density at radius 1 is 1.21 bits per heavy atom. The molecule has 1 N–H and O–H groups in total. The molecule has 2 aliphatic rings. The van der Waals surface area contributed by atoms with Crippen molar-refractivity contribution >= 4 is 5.97 Å². The second kappa shape index (κ2) is 4.94. The van der Waals surface area contributed by atoms with Gasteiger partial charge >= 0.3 is 5.97 Å². The summed E-state index contributed by atoms with van der Waals surface area (Å²) in [5.41, 5.74) is 0.931. The van der Waals surface area contributed by atoms with E-state index >= 15 is 0 Å². The summed E-state index contributed by atoms with van der Waals surface area (Å²) in [7, 11) is 0. The summed E-state index contributed by atoms with van der Waals surface area (Å²) in [6.45, 7) is 0.216. The highest BCUT2D eigenvalue weighted by Gasteiger charge is 2.53. The zero-order chi connectivity index (χ0) is 13.3. The lowest BCUT2D eigenvalue weighted by Gasteiger charge is -2.26. The minimum atomic E-state index is -1.77. The first kappa shape index (κ1) is 12.6. The molecule has 102 valence electrons. The zero-order valence-electron chi connectivity index (χ0n) is 10.7. The molecule has 0 spiro atoms. The quantitative estimate of drug-likeness (QED) is 0.629. The molecule has 3 rings (SSSR count). The van der Waals surface area contributed by atoms with E-state index in [0.29, 0.717) is 0 Å². The van der Waals surface area contributed by atoms with Crippen molar-refractivity contribution in [2.45, 2.75) is 44.2 Å². The largest absolute Gasteiger partial charge is 0.458 e. The van der Waals surface area contributed by atoms with Crippen molar-refractivity contribution in [3.05, 3.63) is 35.9 Å². The van der Waals surface area contributed by atoms with E-state index in [2.05, 4.69) is 0 Å². The van der Waals surface area contributed by atoms with E-state index < -0.39 is 11.8 Å². The van der Waals surface area contributed by atoms with E-state index in [1.807, 2.05) is 30.3 Å². The molecule has 1 unspecified atom stereocenters. The van der Waals surface area contributed by atoms with E-state index in [4.69, 9.17) is 9.47 Å². The Balaban J connectivity index is 1.64. The molecule has 4 heteroatoms. The van der Waals surface area contributed by atoms with Crippen molar-refractivity contribution in [2.75, 3.05) is 0 Å². The molecule has 0 aliphatic heterocycles. The molecule has 0 saturated heterocycles. The minimum Gasteiger partial charge on any atom is -0.458 e. The van der Waals surface area contributed by atoms with Gasteiger partial charge in [-0.25, -0.2) is 4.79 Å². The predicted octanol–water partition coefficient (Wildman–Crippen LogP) is 2.01. The van der Waals surface area contributed by atoms with Crippen LogP contribution in [0.1, 0.15) is 31.2 Å². The number of carbonyl (C=O) groups is 1. The smallest absolute Gasteiger partial charge is 0.367 e. The number of esters is 1. The summed E-state index contributed by atoms with van der Waals surface area (Å²) in [4.78, 5) is 12.0. The first-order valence-electron chi connectivity index (χ1n) is 6.80. The Morgan fingerprint density at radius 2 is 1.89 bits per heavy atom. The highest BCUT2D eigenvalue weighted by molar-refractivity contribution is 5.78. The highest BCUT2D eigenvalue weighted by atomic mass is 16.7. The van der Waals surface area contributed by atoms with Crippen molar-refractivity contribution in [1.82, 2.24) is 0 Å². The molecule has 1 atom stereocenters. The van der Waals surface area contributed by atoms with Crippen LogP contribution in [0, 0.1) is 5.92 Å². The van der Waals surface area contributed by atoms with E-state index in [1.54, 1.807) is 0 Å². The molecule has 0 aromatic heterocycles. The molecular weight excluding hydrogens is 244 g/mol. The molecule has 1 aromatic rings. The lowest BCUT2D eigenvalue weighted by atomic mass is 10.1. The predicted molar refractivity (Wildman–Crippen MR) is 68.0 cm³/mol. The molecular formula is C15H18O4. The first-order chi connectivity index (χ1) is 9.18. The minimum absolute atomic E-state index is 0.0156. The van der Waals surface area contributed by atoms with Crippen LogP contribution in [0.3, 0.4) is 0 Å². The molecule has 0 heterocycles. The van der Waals surface area contributed by atoms with Gasteiger partial charge < -0.3 is 14.6 Å². The number of hydrogen-bond acceptors (Lipinski definition) is 4. The van der Waals surface area contributed by atoms with Crippen LogP contribution in [0.4, 0.5) is 0 Å². The maximum Gasteiger partial charge on any atom is 0.367 e. The second-order valence-corrected chi connectivity index (χ2v) is 5.35. The van der Waals surface area contributed by atoms with Crippen LogP contribution in [0.25, 0.3) is 0 Å². The van der Waals surface area contributed by atoms with Gasteiger partial charge in [0.1, 0.15) is 6.10 Å². The summed E-state index contributed by atoms with van der Waals surface area (Å²) in [5.74, 6) is -2.51. The number of rotatable bonds is 6. The van der Waals surface area contributed by atoms with Gasteiger partial charge in [-0.15, -0.1) is 0 Å².